The van der Waals surface area contributed by atoms with Crippen molar-refractivity contribution in [3.8, 4) is 0 Å². The summed E-state index contributed by atoms with van der Waals surface area (Å²) >= 11 is 6.99. The number of nitrogens with zero attached hydrogens (tertiary/aromatic N) is 1. The molecule has 5 nitrogen and oxygen atoms in total. The minimum absolute atomic E-state index is 0.148. The Balaban J connectivity index is 1.97. The van der Waals surface area contributed by atoms with Gasteiger partial charge in [0.05, 0.1) is 4.91 Å². The molecule has 0 aliphatic carbocycles. The Labute approximate surface area is 131 Å². The van der Waals surface area contributed by atoms with Crippen molar-refractivity contribution < 1.29 is 9.59 Å². The number of imide groups is 1. The number of hydrogen-bond acceptors (Lipinski definition) is 5. The molecular weight excluding hydrogens is 310 g/mol. The molecule has 3 rings (SSSR count). The smallest absolute Gasteiger partial charge is 0.290 e. The third-order valence-electron chi connectivity index (χ3n) is 3.49. The topological polar surface area (TPSA) is 75.4 Å². The average molecular weight is 324 g/mol. The molecule has 110 valence electrons. The number of nitrogens with two attached hydrogens (primary N) is 1. The predicted molar refractivity (Wildman–Crippen MR) is 85.4 cm³/mol. The monoisotopic (exact) mass is 323 g/mol. The van der Waals surface area contributed by atoms with Gasteiger partial charge in [-0.15, -0.1) is 0 Å². The van der Waals surface area contributed by atoms with E-state index >= 15 is 0 Å². The Hall–Kier alpha value is -1.50. The number of rotatable bonds is 2. The fraction of sp³-hybridized carbons (Fsp3) is 0.286. The molecule has 0 unspecified atom stereocenters. The summed E-state index contributed by atoms with van der Waals surface area (Å²) in [6.07, 6.45) is 2.65. The molecule has 2 fully saturated rings. The van der Waals surface area contributed by atoms with E-state index in [4.69, 9.17) is 17.3 Å². The number of anilines is 1. The van der Waals surface area contributed by atoms with Crippen LogP contribution in [0.1, 0.15) is 12.0 Å². The van der Waals surface area contributed by atoms with Crippen LogP contribution in [-0.2, 0) is 4.79 Å². The summed E-state index contributed by atoms with van der Waals surface area (Å²) in [6.45, 7) is 1.62. The Morgan fingerprint density at radius 2 is 2.24 bits per heavy atom. The Kier molecular flexibility index (Phi) is 3.93. The number of benzene rings is 1. The van der Waals surface area contributed by atoms with Crippen molar-refractivity contribution in [3.05, 3.63) is 33.7 Å². The summed E-state index contributed by atoms with van der Waals surface area (Å²) in [7, 11) is 0. The van der Waals surface area contributed by atoms with Gasteiger partial charge in [-0.25, -0.2) is 0 Å². The highest BCUT2D eigenvalue weighted by atomic mass is 35.5. The highest BCUT2D eigenvalue weighted by molar-refractivity contribution is 8.18. The van der Waals surface area contributed by atoms with Crippen LogP contribution < -0.4 is 16.0 Å². The van der Waals surface area contributed by atoms with Crippen LogP contribution in [0.25, 0.3) is 6.08 Å². The molecule has 1 aromatic carbocycles. The van der Waals surface area contributed by atoms with Gasteiger partial charge in [0.25, 0.3) is 11.1 Å². The molecule has 2 aliphatic rings. The quantitative estimate of drug-likeness (QED) is 0.816. The summed E-state index contributed by atoms with van der Waals surface area (Å²) in [4.78, 5) is 25.4. The van der Waals surface area contributed by atoms with Crippen LogP contribution in [0.15, 0.2) is 23.1 Å². The first-order valence-electron chi connectivity index (χ1n) is 6.58. The van der Waals surface area contributed by atoms with Crippen LogP contribution in [-0.4, -0.2) is 30.3 Å². The number of carbonyl (C=O) groups is 2. The highest BCUT2D eigenvalue weighted by Crippen LogP contribution is 2.32. The van der Waals surface area contributed by atoms with Crippen LogP contribution in [0.2, 0.25) is 5.02 Å². The molecule has 0 radical (unpaired) electrons. The second-order valence-electron chi connectivity index (χ2n) is 5.05. The van der Waals surface area contributed by atoms with Gasteiger partial charge in [0.1, 0.15) is 0 Å². The van der Waals surface area contributed by atoms with Gasteiger partial charge in [-0.1, -0.05) is 17.7 Å². The van der Waals surface area contributed by atoms with Crippen molar-refractivity contribution in [3.63, 3.8) is 0 Å². The van der Waals surface area contributed by atoms with E-state index in [1.807, 2.05) is 12.1 Å². The van der Waals surface area contributed by atoms with Crippen LogP contribution in [0.5, 0.6) is 0 Å². The van der Waals surface area contributed by atoms with Gasteiger partial charge >= 0.3 is 0 Å². The van der Waals surface area contributed by atoms with Crippen LogP contribution >= 0.6 is 23.4 Å². The number of carbonyl (C=O) groups excluding carboxylic acids is 2. The van der Waals surface area contributed by atoms with Gasteiger partial charge in [-0.2, -0.15) is 0 Å². The number of amides is 2. The maximum atomic E-state index is 11.7. The lowest BCUT2D eigenvalue weighted by Crippen LogP contribution is -2.26. The van der Waals surface area contributed by atoms with E-state index in [1.165, 1.54) is 0 Å². The van der Waals surface area contributed by atoms with Gasteiger partial charge < -0.3 is 10.6 Å². The molecule has 1 atom stereocenters. The van der Waals surface area contributed by atoms with Gasteiger partial charge in [-0.05, 0) is 42.0 Å². The molecule has 3 N–H and O–H groups in total. The molecule has 7 heteroatoms. The third-order valence-corrected chi connectivity index (χ3v) is 4.53. The largest absolute Gasteiger partial charge is 0.369 e. The first-order valence-corrected chi connectivity index (χ1v) is 7.77. The maximum Gasteiger partial charge on any atom is 0.290 e. The van der Waals surface area contributed by atoms with Gasteiger partial charge in [0.2, 0.25) is 0 Å². The first kappa shape index (κ1) is 14.4. The van der Waals surface area contributed by atoms with Gasteiger partial charge in [0.15, 0.2) is 0 Å². The molecule has 1 aromatic rings. The maximum absolute atomic E-state index is 11.7. The molecule has 0 saturated carbocycles. The van der Waals surface area contributed by atoms with E-state index in [1.54, 1.807) is 12.1 Å². The van der Waals surface area contributed by atoms with E-state index in [9.17, 15) is 9.59 Å². The zero-order valence-electron chi connectivity index (χ0n) is 11.1. The summed E-state index contributed by atoms with van der Waals surface area (Å²) < 4.78 is 0. The van der Waals surface area contributed by atoms with Crippen molar-refractivity contribution in [2.45, 2.75) is 12.5 Å². The van der Waals surface area contributed by atoms with E-state index < -0.39 is 0 Å². The zero-order valence-corrected chi connectivity index (χ0v) is 12.7. The van der Waals surface area contributed by atoms with Crippen LogP contribution in [0.3, 0.4) is 0 Å². The van der Waals surface area contributed by atoms with E-state index in [0.717, 1.165) is 42.5 Å². The Bertz CT molecular complexity index is 647. The molecule has 2 heterocycles. The summed E-state index contributed by atoms with van der Waals surface area (Å²) in [6, 6.07) is 5.64. The lowest BCUT2D eigenvalue weighted by atomic mass is 10.1. The zero-order chi connectivity index (χ0) is 15.0. The standard InChI is InChI=1S/C14H14ClN3O2S/c15-9-2-1-8(5-12-13(19)17-14(20)21-12)11(6-9)18-4-3-10(16)7-18/h1-2,5-6,10H,3-4,7,16H2,(H,17,19,20)/b12-5-/t10-/m0/s1. The fourth-order valence-electron chi connectivity index (χ4n) is 2.48. The number of nitrogens with one attached hydrogen (secondary N) is 1. The Morgan fingerprint density at radius 1 is 1.43 bits per heavy atom. The number of halogens is 1. The van der Waals surface area contributed by atoms with Crippen molar-refractivity contribution in [1.29, 1.82) is 0 Å². The minimum atomic E-state index is -0.357. The normalized spacial score (nSPS) is 24.0. The third kappa shape index (κ3) is 3.07. The van der Waals surface area contributed by atoms with Crippen LogP contribution in [0, 0.1) is 0 Å². The van der Waals surface area contributed by atoms with Gasteiger partial charge in [-0.3, -0.25) is 14.9 Å². The lowest BCUT2D eigenvalue weighted by molar-refractivity contribution is -0.115. The minimum Gasteiger partial charge on any atom is -0.369 e. The molecular formula is C14H14ClN3O2S. The molecule has 2 saturated heterocycles. The average Bonchev–Trinajstić information content (AvgIpc) is 2.98. The summed E-state index contributed by atoms with van der Waals surface area (Å²) in [5.41, 5.74) is 7.75. The number of thioether (sulfide) groups is 1. The molecule has 0 bridgehead atoms. The van der Waals surface area contributed by atoms with E-state index in [-0.39, 0.29) is 17.2 Å². The van der Waals surface area contributed by atoms with Crippen molar-refractivity contribution in [2.75, 3.05) is 18.0 Å². The molecule has 0 aromatic heterocycles. The van der Waals surface area contributed by atoms with Crippen LogP contribution in [0.4, 0.5) is 10.5 Å². The van der Waals surface area contributed by atoms with E-state index in [0.29, 0.717) is 9.93 Å². The predicted octanol–water partition coefficient (Wildman–Crippen LogP) is 2.20. The fourth-order valence-corrected chi connectivity index (χ4v) is 3.32. The SMILES string of the molecule is N[C@H]1CCN(c2cc(Cl)ccc2/C=C2\SC(=O)NC2=O)C1. The van der Waals surface area contributed by atoms with Gasteiger partial charge in [0, 0.05) is 29.8 Å². The van der Waals surface area contributed by atoms with Crippen molar-refractivity contribution in [1.82, 2.24) is 5.32 Å². The molecule has 2 amide bonds. The van der Waals surface area contributed by atoms with Crippen molar-refractivity contribution in [2.24, 2.45) is 5.73 Å². The second-order valence-corrected chi connectivity index (χ2v) is 6.50. The highest BCUT2D eigenvalue weighted by Gasteiger charge is 2.26. The second kappa shape index (κ2) is 5.71. The summed E-state index contributed by atoms with van der Waals surface area (Å²) in [5.74, 6) is -0.357. The Morgan fingerprint density at radius 3 is 2.86 bits per heavy atom. The molecule has 2 aliphatic heterocycles. The van der Waals surface area contributed by atoms with Crippen molar-refractivity contribution >= 4 is 46.3 Å². The lowest BCUT2D eigenvalue weighted by Gasteiger charge is -2.21. The summed E-state index contributed by atoms with van der Waals surface area (Å²) in [5, 5.41) is 2.54. The molecule has 0 spiro atoms. The molecule has 21 heavy (non-hydrogen) atoms. The number of hydrogen-bond donors (Lipinski definition) is 2. The van der Waals surface area contributed by atoms with E-state index in [2.05, 4.69) is 10.2 Å². The first-order chi connectivity index (χ1) is 10.0.